The van der Waals surface area contributed by atoms with Crippen molar-refractivity contribution in [3.8, 4) is 17.3 Å². The van der Waals surface area contributed by atoms with E-state index in [1.807, 2.05) is 6.07 Å². The summed E-state index contributed by atoms with van der Waals surface area (Å²) in [6.45, 7) is 0. The van der Waals surface area contributed by atoms with Crippen molar-refractivity contribution in [2.75, 3.05) is 0 Å². The van der Waals surface area contributed by atoms with E-state index in [2.05, 4.69) is 20.2 Å². The van der Waals surface area contributed by atoms with Gasteiger partial charge < -0.3 is 4.98 Å². The quantitative estimate of drug-likeness (QED) is 0.830. The van der Waals surface area contributed by atoms with Crippen LogP contribution in [-0.4, -0.2) is 20.2 Å². The first-order chi connectivity index (χ1) is 9.69. The van der Waals surface area contributed by atoms with Crippen molar-refractivity contribution in [3.63, 3.8) is 0 Å². The van der Waals surface area contributed by atoms with Gasteiger partial charge in [-0.25, -0.2) is 4.79 Å². The molecule has 2 aromatic rings. The lowest BCUT2D eigenvalue weighted by atomic mass is 9.79. The van der Waals surface area contributed by atoms with Crippen molar-refractivity contribution in [1.29, 1.82) is 5.26 Å². The molecule has 0 bridgehead atoms. The predicted octanol–water partition coefficient (Wildman–Crippen LogP) is 0.659. The van der Waals surface area contributed by atoms with E-state index in [0.29, 0.717) is 17.3 Å². The molecule has 0 amide bonds. The van der Waals surface area contributed by atoms with Gasteiger partial charge in [0.1, 0.15) is 11.8 Å². The highest BCUT2D eigenvalue weighted by molar-refractivity contribution is 5.58. The van der Waals surface area contributed by atoms with E-state index >= 15 is 0 Å². The Kier molecular flexibility index (Phi) is 2.91. The molecular formula is C13H11N5O2. The third-order valence-corrected chi connectivity index (χ3v) is 3.57. The minimum absolute atomic E-state index is 0.238. The SMILES string of the molecule is N#Cc1nnc(-c2c[nH]c(=O)[nH]c2=O)cc1C1CCC1. The average molecular weight is 269 g/mol. The van der Waals surface area contributed by atoms with E-state index in [4.69, 9.17) is 5.26 Å². The smallest absolute Gasteiger partial charge is 0.313 e. The van der Waals surface area contributed by atoms with Gasteiger partial charge in [-0.2, -0.15) is 5.26 Å². The first kappa shape index (κ1) is 12.3. The van der Waals surface area contributed by atoms with E-state index in [9.17, 15) is 9.59 Å². The number of nitrogens with zero attached hydrogens (tertiary/aromatic N) is 3. The highest BCUT2D eigenvalue weighted by Crippen LogP contribution is 2.38. The fourth-order valence-corrected chi connectivity index (χ4v) is 2.26. The van der Waals surface area contributed by atoms with Crippen molar-refractivity contribution < 1.29 is 0 Å². The van der Waals surface area contributed by atoms with Crippen molar-refractivity contribution in [3.05, 3.63) is 44.4 Å². The number of hydrogen-bond acceptors (Lipinski definition) is 5. The third kappa shape index (κ3) is 2.01. The van der Waals surface area contributed by atoms with Crippen LogP contribution in [0.1, 0.15) is 36.4 Å². The van der Waals surface area contributed by atoms with Crippen LogP contribution >= 0.6 is 0 Å². The zero-order valence-corrected chi connectivity index (χ0v) is 10.5. The Balaban J connectivity index is 2.13. The summed E-state index contributed by atoms with van der Waals surface area (Å²) in [4.78, 5) is 27.3. The number of nitriles is 1. The van der Waals surface area contributed by atoms with Gasteiger partial charge in [-0.05, 0) is 30.4 Å². The molecule has 0 unspecified atom stereocenters. The standard InChI is InChI=1S/C13H11N5O2/c14-5-11-8(7-2-1-3-7)4-10(17-18-11)9-6-15-13(20)16-12(9)19/h4,6-7H,1-3H2,(H2,15,16,19,20). The Labute approximate surface area is 113 Å². The summed E-state index contributed by atoms with van der Waals surface area (Å²) in [6, 6.07) is 3.75. The molecular weight excluding hydrogens is 258 g/mol. The highest BCUT2D eigenvalue weighted by Gasteiger charge is 2.24. The molecule has 1 aliphatic rings. The number of aromatic nitrogens is 4. The molecule has 20 heavy (non-hydrogen) atoms. The Morgan fingerprint density at radius 3 is 2.70 bits per heavy atom. The van der Waals surface area contributed by atoms with Crippen LogP contribution in [0.25, 0.3) is 11.3 Å². The second-order valence-corrected chi connectivity index (χ2v) is 4.76. The predicted molar refractivity (Wildman–Crippen MR) is 70.0 cm³/mol. The molecule has 2 N–H and O–H groups in total. The lowest BCUT2D eigenvalue weighted by Gasteiger charge is -2.26. The lowest BCUT2D eigenvalue weighted by molar-refractivity contribution is 0.417. The molecule has 0 radical (unpaired) electrons. The van der Waals surface area contributed by atoms with Crippen LogP contribution in [0.15, 0.2) is 21.9 Å². The van der Waals surface area contributed by atoms with E-state index in [1.165, 1.54) is 6.20 Å². The molecule has 1 saturated carbocycles. The molecule has 0 saturated heterocycles. The number of aromatic amines is 2. The van der Waals surface area contributed by atoms with E-state index in [-0.39, 0.29) is 5.56 Å². The summed E-state index contributed by atoms with van der Waals surface area (Å²) in [5.74, 6) is 0.306. The first-order valence-corrected chi connectivity index (χ1v) is 6.29. The van der Waals surface area contributed by atoms with Crippen LogP contribution in [-0.2, 0) is 0 Å². The fourth-order valence-electron chi connectivity index (χ4n) is 2.26. The van der Waals surface area contributed by atoms with Crippen molar-refractivity contribution >= 4 is 0 Å². The van der Waals surface area contributed by atoms with Crippen molar-refractivity contribution in [2.24, 2.45) is 0 Å². The van der Waals surface area contributed by atoms with Crippen molar-refractivity contribution in [2.45, 2.75) is 25.2 Å². The molecule has 100 valence electrons. The molecule has 0 aromatic carbocycles. The molecule has 7 heteroatoms. The topological polar surface area (TPSA) is 115 Å². The highest BCUT2D eigenvalue weighted by atomic mass is 16.2. The van der Waals surface area contributed by atoms with Gasteiger partial charge in [-0.15, -0.1) is 10.2 Å². The number of nitrogens with one attached hydrogen (secondary N) is 2. The zero-order chi connectivity index (χ0) is 14.1. The molecule has 2 aromatic heterocycles. The van der Waals surface area contributed by atoms with E-state index in [1.54, 1.807) is 6.07 Å². The average Bonchev–Trinajstić information content (AvgIpc) is 2.37. The molecule has 0 spiro atoms. The number of hydrogen-bond donors (Lipinski definition) is 2. The van der Waals surface area contributed by atoms with Crippen molar-refractivity contribution in [1.82, 2.24) is 20.2 Å². The molecule has 7 nitrogen and oxygen atoms in total. The normalized spacial score (nSPS) is 14.6. The van der Waals surface area contributed by atoms with E-state index in [0.717, 1.165) is 24.8 Å². The molecule has 1 aliphatic carbocycles. The minimum atomic E-state index is -0.570. The van der Waals surface area contributed by atoms with Gasteiger partial charge in [0, 0.05) is 6.20 Å². The maximum Gasteiger partial charge on any atom is 0.325 e. The minimum Gasteiger partial charge on any atom is -0.313 e. The fraction of sp³-hybridized carbons (Fsp3) is 0.308. The first-order valence-electron chi connectivity index (χ1n) is 6.29. The van der Waals surface area contributed by atoms with Crippen LogP contribution in [0.3, 0.4) is 0 Å². The summed E-state index contributed by atoms with van der Waals surface area (Å²) in [5, 5.41) is 16.9. The van der Waals surface area contributed by atoms with Crippen LogP contribution in [0.5, 0.6) is 0 Å². The van der Waals surface area contributed by atoms with Gasteiger partial charge in [-0.3, -0.25) is 9.78 Å². The second kappa shape index (κ2) is 4.74. The molecule has 2 heterocycles. The maximum absolute atomic E-state index is 11.8. The number of H-pyrrole nitrogens is 2. The maximum atomic E-state index is 11.8. The summed E-state index contributed by atoms with van der Waals surface area (Å²) in [6.07, 6.45) is 4.47. The van der Waals surface area contributed by atoms with Gasteiger partial charge in [0.2, 0.25) is 0 Å². The summed E-state index contributed by atoms with van der Waals surface area (Å²) >= 11 is 0. The van der Waals surface area contributed by atoms with Crippen LogP contribution in [0.4, 0.5) is 0 Å². The molecule has 1 fully saturated rings. The number of rotatable bonds is 2. The van der Waals surface area contributed by atoms with Gasteiger partial charge >= 0.3 is 5.69 Å². The summed E-state index contributed by atoms with van der Waals surface area (Å²) in [5.41, 5.74) is 0.645. The third-order valence-electron chi connectivity index (χ3n) is 3.57. The van der Waals surface area contributed by atoms with Gasteiger partial charge in [0.15, 0.2) is 5.69 Å². The van der Waals surface area contributed by atoms with Crippen LogP contribution < -0.4 is 11.2 Å². The zero-order valence-electron chi connectivity index (χ0n) is 10.5. The molecule has 3 rings (SSSR count). The molecule has 0 atom stereocenters. The van der Waals surface area contributed by atoms with Gasteiger partial charge in [-0.1, -0.05) is 6.42 Å². The Morgan fingerprint density at radius 1 is 1.30 bits per heavy atom. The Hall–Kier alpha value is -2.75. The Morgan fingerprint density at radius 2 is 2.10 bits per heavy atom. The monoisotopic (exact) mass is 269 g/mol. The van der Waals surface area contributed by atoms with Gasteiger partial charge in [0.25, 0.3) is 5.56 Å². The van der Waals surface area contributed by atoms with Crippen LogP contribution in [0, 0.1) is 11.3 Å². The van der Waals surface area contributed by atoms with Gasteiger partial charge in [0.05, 0.1) is 5.56 Å². The summed E-state index contributed by atoms with van der Waals surface area (Å²) < 4.78 is 0. The Bertz CT molecular complexity index is 810. The largest absolute Gasteiger partial charge is 0.325 e. The van der Waals surface area contributed by atoms with E-state index < -0.39 is 11.2 Å². The summed E-state index contributed by atoms with van der Waals surface area (Å²) in [7, 11) is 0. The molecule has 0 aliphatic heterocycles. The second-order valence-electron chi connectivity index (χ2n) is 4.76. The van der Waals surface area contributed by atoms with Crippen LogP contribution in [0.2, 0.25) is 0 Å². The lowest BCUT2D eigenvalue weighted by Crippen LogP contribution is -2.23.